The van der Waals surface area contributed by atoms with Crippen molar-refractivity contribution in [3.8, 4) is 0 Å². The van der Waals surface area contributed by atoms with Gasteiger partial charge in [0.25, 0.3) is 11.8 Å². The molecule has 0 aromatic carbocycles. The molecule has 2 aliphatic heterocycles. The molecule has 0 radical (unpaired) electrons. The Bertz CT molecular complexity index is 1160. The van der Waals surface area contributed by atoms with Crippen LogP contribution in [0.4, 0.5) is 5.13 Å². The average Bonchev–Trinajstić information content (AvgIpc) is 3.42. The van der Waals surface area contributed by atoms with Gasteiger partial charge in [0.1, 0.15) is 35.4 Å². The number of rotatable bonds is 8. The summed E-state index contributed by atoms with van der Waals surface area (Å²) < 4.78 is 0.711. The summed E-state index contributed by atoms with van der Waals surface area (Å²) in [5.41, 5.74) is 8.02. The minimum Gasteiger partial charge on any atom is -0.477 e. The molecule has 16 heteroatoms. The van der Waals surface area contributed by atoms with E-state index < -0.39 is 29.2 Å². The van der Waals surface area contributed by atoms with Crippen LogP contribution in [0.5, 0.6) is 0 Å². The van der Waals surface area contributed by atoms with E-state index in [1.165, 1.54) is 58.2 Å². The van der Waals surface area contributed by atoms with E-state index in [0.717, 1.165) is 0 Å². The zero-order valence-electron chi connectivity index (χ0n) is 17.2. The van der Waals surface area contributed by atoms with E-state index in [4.69, 9.17) is 10.6 Å². The summed E-state index contributed by atoms with van der Waals surface area (Å²) in [7, 11) is 1.29. The number of carboxylic acids is 1. The van der Waals surface area contributed by atoms with Crippen molar-refractivity contribution in [2.75, 3.05) is 24.3 Å². The van der Waals surface area contributed by atoms with Gasteiger partial charge in [-0.15, -0.1) is 33.3 Å². The van der Waals surface area contributed by atoms with Crippen LogP contribution in [0, 0.1) is 6.92 Å². The lowest BCUT2D eigenvalue weighted by atomic mass is 10.0. The molecule has 4 rings (SSSR count). The molecule has 33 heavy (non-hydrogen) atoms. The summed E-state index contributed by atoms with van der Waals surface area (Å²) in [6, 6.07) is -0.910. The first-order chi connectivity index (χ1) is 15.8. The number of amides is 2. The number of anilines is 1. The molecule has 1 fully saturated rings. The number of oxime groups is 1. The number of aliphatic carboxylic acids is 1. The van der Waals surface area contributed by atoms with Gasteiger partial charge in [-0.05, 0) is 12.5 Å². The lowest BCUT2D eigenvalue weighted by Crippen LogP contribution is -2.71. The largest absolute Gasteiger partial charge is 0.477 e. The maximum Gasteiger partial charge on any atom is 0.352 e. The zero-order valence-corrected chi connectivity index (χ0v) is 20.4. The molecule has 2 aliphatic rings. The average molecular weight is 528 g/mol. The number of aryl methyl sites for hydroxylation is 1. The predicted octanol–water partition coefficient (Wildman–Crippen LogP) is 0.767. The second-order valence-corrected chi connectivity index (χ2v) is 11.1. The van der Waals surface area contributed by atoms with Crippen LogP contribution in [0.15, 0.2) is 26.3 Å². The normalized spacial score (nSPS) is 20.4. The number of hydrogen-bond acceptors (Lipinski definition) is 13. The van der Waals surface area contributed by atoms with Gasteiger partial charge in [0.15, 0.2) is 15.2 Å². The van der Waals surface area contributed by atoms with Gasteiger partial charge in [-0.2, -0.15) is 0 Å². The van der Waals surface area contributed by atoms with Crippen molar-refractivity contribution >= 4 is 74.8 Å². The van der Waals surface area contributed by atoms with Gasteiger partial charge in [-0.3, -0.25) is 14.5 Å². The van der Waals surface area contributed by atoms with Crippen LogP contribution in [-0.4, -0.2) is 78.7 Å². The zero-order chi connectivity index (χ0) is 23.7. The number of thioether (sulfide) groups is 2. The third-order valence-electron chi connectivity index (χ3n) is 4.68. The fraction of sp³-hybridized carbons (Fsp3) is 0.353. The number of nitrogen functional groups attached to an aromatic ring is 1. The summed E-state index contributed by atoms with van der Waals surface area (Å²) in [6.07, 6.45) is 0. The Hall–Kier alpha value is -2.69. The van der Waals surface area contributed by atoms with Gasteiger partial charge in [0.2, 0.25) is 0 Å². The number of nitrogens with zero attached hydrogens (tertiary/aromatic N) is 5. The van der Waals surface area contributed by atoms with E-state index in [0.29, 0.717) is 26.3 Å². The second-order valence-electron chi connectivity index (χ2n) is 6.69. The molecule has 0 saturated carbocycles. The molecule has 2 unspecified atom stereocenters. The van der Waals surface area contributed by atoms with Gasteiger partial charge in [-0.25, -0.2) is 9.78 Å². The molecule has 12 nitrogen and oxygen atoms in total. The Balaban J connectivity index is 1.51. The van der Waals surface area contributed by atoms with Crippen LogP contribution >= 0.6 is 46.2 Å². The SMILES string of the molecule is CO/N=C(/C(=O)NC1C(=O)N2C(C(=O)O)=C(CSc3nncs3)CSC12)c1nc(N)sc1C. The number of carboxylic acid groups (broad SMARTS) is 1. The number of nitrogens with two attached hydrogens (primary N) is 1. The van der Waals surface area contributed by atoms with Crippen LogP contribution in [0.1, 0.15) is 10.6 Å². The van der Waals surface area contributed by atoms with Crippen molar-refractivity contribution in [2.45, 2.75) is 22.7 Å². The maximum atomic E-state index is 12.9. The monoisotopic (exact) mass is 527 g/mol. The van der Waals surface area contributed by atoms with Crippen molar-refractivity contribution in [1.29, 1.82) is 0 Å². The highest BCUT2D eigenvalue weighted by molar-refractivity contribution is 8.01. The standard InChI is InChI=1S/C17H17N7O5S4/c1-6-8(21-16(18)33-6)9(23-29-2)12(25)20-10-13(26)24-11(15(27)28)7(3-30-14(10)24)4-31-17-22-19-5-32-17/h5,10,14H,3-4H2,1-2H3,(H2,18,21)(H,20,25)(H,27,28)/b23-9+. The number of hydrogen-bond donors (Lipinski definition) is 3. The van der Waals surface area contributed by atoms with E-state index in [9.17, 15) is 19.5 Å². The molecule has 2 amide bonds. The first-order valence-electron chi connectivity index (χ1n) is 9.26. The Labute approximate surface area is 203 Å². The highest BCUT2D eigenvalue weighted by atomic mass is 32.2. The van der Waals surface area contributed by atoms with E-state index in [-0.39, 0.29) is 22.2 Å². The fourth-order valence-corrected chi connectivity index (χ4v) is 6.96. The first-order valence-corrected chi connectivity index (χ1v) is 13.0. The summed E-state index contributed by atoms with van der Waals surface area (Å²) in [5.74, 6) is -1.60. The van der Waals surface area contributed by atoms with Crippen LogP contribution in [-0.2, 0) is 19.2 Å². The minimum absolute atomic E-state index is 0.0554. The Kier molecular flexibility index (Phi) is 6.87. The van der Waals surface area contributed by atoms with Gasteiger partial charge in [0.05, 0.1) is 0 Å². The van der Waals surface area contributed by atoms with Crippen LogP contribution in [0.25, 0.3) is 0 Å². The molecule has 4 N–H and O–H groups in total. The van der Waals surface area contributed by atoms with Gasteiger partial charge in [0, 0.05) is 16.4 Å². The maximum absolute atomic E-state index is 12.9. The van der Waals surface area contributed by atoms with Crippen molar-refractivity contribution in [3.63, 3.8) is 0 Å². The topological polar surface area (TPSA) is 173 Å². The lowest BCUT2D eigenvalue weighted by Gasteiger charge is -2.49. The third kappa shape index (κ3) is 4.55. The highest BCUT2D eigenvalue weighted by Gasteiger charge is 2.54. The van der Waals surface area contributed by atoms with E-state index >= 15 is 0 Å². The van der Waals surface area contributed by atoms with Gasteiger partial charge < -0.3 is 21.0 Å². The van der Waals surface area contributed by atoms with E-state index in [1.54, 1.807) is 12.4 Å². The number of carbonyl (C=O) groups is 3. The summed E-state index contributed by atoms with van der Waals surface area (Å²) in [6.45, 7) is 1.74. The first kappa shape index (κ1) is 23.5. The molecule has 0 spiro atoms. The highest BCUT2D eigenvalue weighted by Crippen LogP contribution is 2.41. The quantitative estimate of drug-likeness (QED) is 0.191. The molecule has 0 aliphatic carbocycles. The number of β-lactam (4-membered cyclic amide) rings is 1. The van der Waals surface area contributed by atoms with Gasteiger partial charge in [-0.1, -0.05) is 28.3 Å². The lowest BCUT2D eigenvalue weighted by molar-refractivity contribution is -0.150. The second kappa shape index (κ2) is 9.66. The molecular weight excluding hydrogens is 510 g/mol. The molecule has 2 atom stereocenters. The molecule has 2 aromatic rings. The Morgan fingerprint density at radius 3 is 2.88 bits per heavy atom. The van der Waals surface area contributed by atoms with Crippen molar-refractivity contribution in [3.05, 3.63) is 27.4 Å². The third-order valence-corrected chi connectivity index (χ3v) is 8.77. The number of aromatic nitrogens is 3. The smallest absolute Gasteiger partial charge is 0.352 e. The van der Waals surface area contributed by atoms with Crippen LogP contribution in [0.3, 0.4) is 0 Å². The summed E-state index contributed by atoms with van der Waals surface area (Å²) >= 11 is 5.29. The van der Waals surface area contributed by atoms with E-state index in [2.05, 4.69) is 25.7 Å². The summed E-state index contributed by atoms with van der Waals surface area (Å²) in [5, 5.41) is 23.6. The van der Waals surface area contributed by atoms with E-state index in [1.807, 2.05) is 0 Å². The van der Waals surface area contributed by atoms with Crippen LogP contribution in [0.2, 0.25) is 0 Å². The van der Waals surface area contributed by atoms with Gasteiger partial charge >= 0.3 is 5.97 Å². The molecule has 2 aromatic heterocycles. The van der Waals surface area contributed by atoms with Crippen LogP contribution < -0.4 is 11.1 Å². The predicted molar refractivity (Wildman–Crippen MR) is 125 cm³/mol. The summed E-state index contributed by atoms with van der Waals surface area (Å²) in [4.78, 5) is 48.6. The number of nitrogens with one attached hydrogen (secondary N) is 1. The molecule has 4 heterocycles. The number of thiazole rings is 1. The molecular formula is C17H17N7O5S4. The number of carbonyl (C=O) groups excluding carboxylic acids is 2. The molecule has 174 valence electrons. The van der Waals surface area contributed by atoms with Crippen molar-refractivity contribution in [1.82, 2.24) is 25.4 Å². The molecule has 0 bridgehead atoms. The fourth-order valence-electron chi connectivity index (χ4n) is 3.30. The Morgan fingerprint density at radius 2 is 2.27 bits per heavy atom. The Morgan fingerprint density at radius 1 is 1.48 bits per heavy atom. The van der Waals surface area contributed by atoms with Crippen molar-refractivity contribution in [2.24, 2.45) is 5.16 Å². The molecule has 1 saturated heterocycles. The number of fused-ring (bicyclic) bond motifs is 1. The van der Waals surface area contributed by atoms with Crippen molar-refractivity contribution < 1.29 is 24.3 Å². The minimum atomic E-state index is -1.19.